The first-order valence-corrected chi connectivity index (χ1v) is 15.4. The Kier molecular flexibility index (Phi) is 9.18. The van der Waals surface area contributed by atoms with Gasteiger partial charge in [-0.25, -0.2) is 18.4 Å². The summed E-state index contributed by atoms with van der Waals surface area (Å²) in [5.74, 6) is 0.293. The van der Waals surface area contributed by atoms with Crippen LogP contribution in [0, 0.1) is 0 Å². The highest BCUT2D eigenvalue weighted by Gasteiger charge is 2.37. The number of alkyl halides is 3. The average Bonchev–Trinajstić information content (AvgIpc) is 3.37. The molecular formula is C29H31F3N4O6S. The van der Waals surface area contributed by atoms with E-state index in [1.54, 1.807) is 19.1 Å². The van der Waals surface area contributed by atoms with Crippen LogP contribution in [0.1, 0.15) is 34.8 Å². The number of hydrogen-bond donors (Lipinski definition) is 1. The maximum Gasteiger partial charge on any atom is 0.416 e. The number of aromatic nitrogens is 2. The number of benzene rings is 2. The molecule has 1 aromatic heterocycles. The smallest absolute Gasteiger partial charge is 0.416 e. The summed E-state index contributed by atoms with van der Waals surface area (Å²) in [7, 11) is -3.30. The van der Waals surface area contributed by atoms with Gasteiger partial charge in [0.2, 0.25) is 5.95 Å². The first kappa shape index (κ1) is 30.7. The van der Waals surface area contributed by atoms with Crippen molar-refractivity contribution in [3.8, 4) is 5.75 Å². The number of halogens is 3. The number of anilines is 1. The van der Waals surface area contributed by atoms with E-state index in [0.29, 0.717) is 44.5 Å². The summed E-state index contributed by atoms with van der Waals surface area (Å²) in [6.45, 7) is 3.51. The molecular weight excluding hydrogens is 589 g/mol. The fourth-order valence-electron chi connectivity index (χ4n) is 4.69. The zero-order valence-electron chi connectivity index (χ0n) is 23.3. The van der Waals surface area contributed by atoms with E-state index in [2.05, 4.69) is 15.3 Å². The van der Waals surface area contributed by atoms with Crippen LogP contribution in [0.5, 0.6) is 5.75 Å². The van der Waals surface area contributed by atoms with Crippen molar-refractivity contribution in [2.75, 3.05) is 37.0 Å². The third-order valence-electron chi connectivity index (χ3n) is 7.27. The van der Waals surface area contributed by atoms with Crippen molar-refractivity contribution in [2.24, 2.45) is 0 Å². The molecule has 5 rings (SSSR count). The van der Waals surface area contributed by atoms with Gasteiger partial charge in [-0.3, -0.25) is 4.79 Å². The summed E-state index contributed by atoms with van der Waals surface area (Å²) in [5, 5.41) is 2.77. The largest absolute Gasteiger partial charge is 0.489 e. The number of ether oxygens (including phenoxy) is 3. The second-order valence-corrected chi connectivity index (χ2v) is 12.6. The summed E-state index contributed by atoms with van der Waals surface area (Å²) < 4.78 is 79.9. The van der Waals surface area contributed by atoms with Crippen molar-refractivity contribution in [2.45, 2.75) is 49.2 Å². The number of carbonyl (C=O) groups excluding carboxylic acids is 1. The summed E-state index contributed by atoms with van der Waals surface area (Å²) in [6.07, 6.45) is -1.43. The molecule has 14 heteroatoms. The van der Waals surface area contributed by atoms with Gasteiger partial charge < -0.3 is 24.4 Å². The predicted octanol–water partition coefficient (Wildman–Crippen LogP) is 3.66. The van der Waals surface area contributed by atoms with Gasteiger partial charge in [0.15, 0.2) is 9.84 Å². The summed E-state index contributed by atoms with van der Waals surface area (Å²) in [5.41, 5.74) is 0.224. The Morgan fingerprint density at radius 1 is 1.05 bits per heavy atom. The summed E-state index contributed by atoms with van der Waals surface area (Å²) >= 11 is 0. The Bertz CT molecular complexity index is 1500. The van der Waals surface area contributed by atoms with E-state index in [0.717, 1.165) is 17.7 Å². The van der Waals surface area contributed by atoms with E-state index in [-0.39, 0.29) is 41.0 Å². The molecule has 2 fully saturated rings. The maximum absolute atomic E-state index is 12.9. The SMILES string of the molecule is CCS(=O)(=O)c1ccc(CNC(=O)c2cnc(N3C[C@H](Oc4ccc(C(F)(F)F)cc4)C[C@H]3COC3COC3)nc2)cc1. The van der Waals surface area contributed by atoms with Crippen LogP contribution in [0.15, 0.2) is 65.8 Å². The third kappa shape index (κ3) is 7.61. The number of carbonyl (C=O) groups is 1. The van der Waals surface area contributed by atoms with Crippen molar-refractivity contribution in [3.05, 3.63) is 77.6 Å². The van der Waals surface area contributed by atoms with Crippen molar-refractivity contribution in [3.63, 3.8) is 0 Å². The molecule has 3 aromatic rings. The molecule has 0 radical (unpaired) electrons. The van der Waals surface area contributed by atoms with E-state index in [9.17, 15) is 26.4 Å². The second kappa shape index (κ2) is 12.9. The van der Waals surface area contributed by atoms with Gasteiger partial charge >= 0.3 is 6.18 Å². The number of amides is 1. The highest BCUT2D eigenvalue weighted by molar-refractivity contribution is 7.91. The van der Waals surface area contributed by atoms with Gasteiger partial charge in [-0.15, -0.1) is 0 Å². The van der Waals surface area contributed by atoms with E-state index < -0.39 is 27.5 Å². The minimum Gasteiger partial charge on any atom is -0.489 e. The Labute approximate surface area is 247 Å². The molecule has 43 heavy (non-hydrogen) atoms. The first-order chi connectivity index (χ1) is 20.5. The summed E-state index contributed by atoms with van der Waals surface area (Å²) in [6, 6.07) is 10.7. The van der Waals surface area contributed by atoms with Crippen molar-refractivity contribution in [1.82, 2.24) is 15.3 Å². The number of nitrogens with zero attached hydrogens (tertiary/aromatic N) is 3. The maximum atomic E-state index is 12.9. The fraction of sp³-hybridized carbons (Fsp3) is 0.414. The molecule has 2 aliphatic heterocycles. The standard InChI is InChI=1S/C29H31F3N4O6S/c1-2-43(38,39)26-9-3-19(4-10-26)12-33-27(37)20-13-34-28(35-14-20)36-15-24(11-22(36)16-41-25-17-40-18-25)42-23-7-5-21(6-8-23)29(30,31)32/h3-10,13-14,22,24-25H,2,11-12,15-18H2,1H3,(H,33,37)/t22-,24+/m0/s1. The predicted molar refractivity (Wildman–Crippen MR) is 150 cm³/mol. The molecule has 0 saturated carbocycles. The van der Waals surface area contributed by atoms with Gasteiger partial charge in [-0.2, -0.15) is 13.2 Å². The van der Waals surface area contributed by atoms with E-state index in [4.69, 9.17) is 14.2 Å². The molecule has 0 aliphatic carbocycles. The molecule has 2 aromatic carbocycles. The Morgan fingerprint density at radius 2 is 1.72 bits per heavy atom. The number of sulfone groups is 1. The molecule has 2 saturated heterocycles. The average molecular weight is 621 g/mol. The van der Waals surface area contributed by atoms with Crippen LogP contribution in [0.3, 0.4) is 0 Å². The van der Waals surface area contributed by atoms with Gasteiger partial charge in [0, 0.05) is 25.4 Å². The molecule has 0 bridgehead atoms. The molecule has 10 nitrogen and oxygen atoms in total. The lowest BCUT2D eigenvalue weighted by molar-refractivity contribution is -0.137. The van der Waals surface area contributed by atoms with E-state index in [1.165, 1.54) is 36.7 Å². The lowest BCUT2D eigenvalue weighted by Gasteiger charge is -2.30. The molecule has 2 atom stereocenters. The Hall–Kier alpha value is -3.75. The molecule has 0 spiro atoms. The minimum absolute atomic E-state index is 0.00373. The fourth-order valence-corrected chi connectivity index (χ4v) is 5.57. The zero-order valence-corrected chi connectivity index (χ0v) is 24.1. The lowest BCUT2D eigenvalue weighted by atomic mass is 10.2. The Balaban J connectivity index is 1.21. The number of hydrogen-bond acceptors (Lipinski definition) is 9. The second-order valence-electron chi connectivity index (χ2n) is 10.3. The van der Waals surface area contributed by atoms with Crippen molar-refractivity contribution >= 4 is 21.7 Å². The number of nitrogens with one attached hydrogen (secondary N) is 1. The third-order valence-corrected chi connectivity index (χ3v) is 9.02. The van der Waals surface area contributed by atoms with Crippen LogP contribution in [-0.4, -0.2) is 74.7 Å². The lowest BCUT2D eigenvalue weighted by Crippen LogP contribution is -2.41. The van der Waals surface area contributed by atoms with Crippen molar-refractivity contribution < 1.29 is 40.6 Å². The van der Waals surface area contributed by atoms with Crippen LogP contribution >= 0.6 is 0 Å². The molecule has 0 unspecified atom stereocenters. The number of rotatable bonds is 11. The van der Waals surface area contributed by atoms with Gasteiger partial charge in [-0.1, -0.05) is 19.1 Å². The summed E-state index contributed by atoms with van der Waals surface area (Å²) in [4.78, 5) is 23.7. The molecule has 3 heterocycles. The van der Waals surface area contributed by atoms with E-state index in [1.807, 2.05) is 4.90 Å². The van der Waals surface area contributed by atoms with Crippen LogP contribution in [0.2, 0.25) is 0 Å². The molecule has 2 aliphatic rings. The first-order valence-electron chi connectivity index (χ1n) is 13.7. The molecule has 230 valence electrons. The Morgan fingerprint density at radius 3 is 2.30 bits per heavy atom. The van der Waals surface area contributed by atoms with Crippen LogP contribution in [-0.2, 0) is 32.0 Å². The normalized spacial score (nSPS) is 19.2. The van der Waals surface area contributed by atoms with Crippen molar-refractivity contribution in [1.29, 1.82) is 0 Å². The minimum atomic E-state index is -4.43. The molecule has 1 amide bonds. The van der Waals surface area contributed by atoms with Crippen LogP contribution in [0.4, 0.5) is 19.1 Å². The quantitative estimate of drug-likeness (QED) is 0.343. The van der Waals surface area contributed by atoms with Gasteiger partial charge in [0.05, 0.1) is 54.2 Å². The highest BCUT2D eigenvalue weighted by Crippen LogP contribution is 2.32. The van der Waals surface area contributed by atoms with Gasteiger partial charge in [0.1, 0.15) is 18.0 Å². The van der Waals surface area contributed by atoms with E-state index >= 15 is 0 Å². The van der Waals surface area contributed by atoms with Crippen LogP contribution in [0.25, 0.3) is 0 Å². The molecule has 1 N–H and O–H groups in total. The topological polar surface area (TPSA) is 120 Å². The van der Waals surface area contributed by atoms with Gasteiger partial charge in [0.25, 0.3) is 5.91 Å². The highest BCUT2D eigenvalue weighted by atomic mass is 32.2. The zero-order chi connectivity index (χ0) is 30.6. The monoisotopic (exact) mass is 620 g/mol. The van der Waals surface area contributed by atoms with Gasteiger partial charge in [-0.05, 0) is 42.0 Å². The van der Waals surface area contributed by atoms with Crippen LogP contribution < -0.4 is 15.0 Å².